The zero-order valence-corrected chi connectivity index (χ0v) is 18.0. The first kappa shape index (κ1) is 20.9. The van der Waals surface area contributed by atoms with Crippen LogP contribution in [0.2, 0.25) is 5.02 Å². The Morgan fingerprint density at radius 1 is 1.16 bits per heavy atom. The van der Waals surface area contributed by atoms with Gasteiger partial charge in [-0.1, -0.05) is 60.1 Å². The van der Waals surface area contributed by atoms with Crippen LogP contribution in [0.4, 0.5) is 4.79 Å². The van der Waals surface area contributed by atoms with Crippen LogP contribution >= 0.6 is 11.6 Å². The summed E-state index contributed by atoms with van der Waals surface area (Å²) in [5, 5.41) is 6.20. The third-order valence-electron chi connectivity index (χ3n) is 5.76. The molecule has 2 aromatic rings. The molecule has 31 heavy (non-hydrogen) atoms. The highest BCUT2D eigenvalue weighted by atomic mass is 35.5. The standard InChI is InChI=1S/C23H23ClN4O3/c1-14(21(29)25-12-15-8-4-3-5-9-15)28-13-18-19(22(28)30)20(26-23(31)27(18)2)16-10-6-7-11-17(16)24/h3-11,14,20H,12-13H2,1-2H3,(H,25,29)(H,26,31)/t14-,20+/m0/s1. The van der Waals surface area contributed by atoms with Gasteiger partial charge in [-0.25, -0.2) is 4.79 Å². The average Bonchev–Trinajstić information content (AvgIpc) is 3.12. The van der Waals surface area contributed by atoms with Crippen molar-refractivity contribution in [2.75, 3.05) is 13.6 Å². The fourth-order valence-corrected chi connectivity index (χ4v) is 4.16. The van der Waals surface area contributed by atoms with Gasteiger partial charge in [0, 0.05) is 18.6 Å². The second-order valence-electron chi connectivity index (χ2n) is 7.64. The number of amides is 4. The van der Waals surface area contributed by atoms with Gasteiger partial charge >= 0.3 is 6.03 Å². The van der Waals surface area contributed by atoms with Crippen molar-refractivity contribution < 1.29 is 14.4 Å². The van der Waals surface area contributed by atoms with E-state index < -0.39 is 12.1 Å². The van der Waals surface area contributed by atoms with E-state index in [1.807, 2.05) is 36.4 Å². The molecule has 2 N–H and O–H groups in total. The molecule has 2 heterocycles. The molecule has 0 bridgehead atoms. The number of benzene rings is 2. The molecule has 2 aromatic carbocycles. The number of likely N-dealkylation sites (N-methyl/N-ethyl adjacent to an activating group) is 1. The Balaban J connectivity index is 1.55. The van der Waals surface area contributed by atoms with Crippen LogP contribution in [0.5, 0.6) is 0 Å². The number of carbonyl (C=O) groups is 3. The molecule has 160 valence electrons. The first-order valence-corrected chi connectivity index (χ1v) is 10.4. The third kappa shape index (κ3) is 3.88. The van der Waals surface area contributed by atoms with Crippen LogP contribution in [-0.2, 0) is 16.1 Å². The molecule has 2 aliphatic heterocycles. The number of nitrogens with one attached hydrogen (secondary N) is 2. The molecule has 0 saturated heterocycles. The van der Waals surface area contributed by atoms with Crippen LogP contribution in [0.3, 0.4) is 0 Å². The van der Waals surface area contributed by atoms with Crippen LogP contribution < -0.4 is 10.6 Å². The van der Waals surface area contributed by atoms with Gasteiger partial charge in [0.05, 0.1) is 23.9 Å². The Morgan fingerprint density at radius 2 is 1.84 bits per heavy atom. The van der Waals surface area contributed by atoms with Crippen molar-refractivity contribution in [2.45, 2.75) is 25.6 Å². The quantitative estimate of drug-likeness (QED) is 0.753. The highest BCUT2D eigenvalue weighted by molar-refractivity contribution is 6.31. The van der Waals surface area contributed by atoms with Crippen LogP contribution in [0.1, 0.15) is 24.1 Å². The minimum Gasteiger partial charge on any atom is -0.350 e. The highest BCUT2D eigenvalue weighted by Crippen LogP contribution is 2.38. The number of carbonyl (C=O) groups excluding carboxylic acids is 3. The van der Waals surface area contributed by atoms with Crippen molar-refractivity contribution >= 4 is 29.4 Å². The van der Waals surface area contributed by atoms with Crippen LogP contribution in [0.25, 0.3) is 0 Å². The second kappa shape index (κ2) is 8.43. The van der Waals surface area contributed by atoms with Gasteiger partial charge in [0.25, 0.3) is 5.91 Å². The Hall–Kier alpha value is -3.32. The van der Waals surface area contributed by atoms with Gasteiger partial charge in [-0.15, -0.1) is 0 Å². The monoisotopic (exact) mass is 438 g/mol. The molecule has 0 fully saturated rings. The van der Waals surface area contributed by atoms with E-state index in [2.05, 4.69) is 10.6 Å². The third-order valence-corrected chi connectivity index (χ3v) is 6.11. The van der Waals surface area contributed by atoms with Crippen LogP contribution in [-0.4, -0.2) is 47.3 Å². The predicted octanol–water partition coefficient (Wildman–Crippen LogP) is 2.84. The SMILES string of the molecule is C[C@@H](C(=O)NCc1ccccc1)N1CC2=C(C1=O)[C@@H](c1ccccc1Cl)NC(=O)N2C. The van der Waals surface area contributed by atoms with E-state index in [-0.39, 0.29) is 24.4 Å². The maximum absolute atomic E-state index is 13.4. The maximum Gasteiger partial charge on any atom is 0.322 e. The van der Waals surface area contributed by atoms with Crippen molar-refractivity contribution in [2.24, 2.45) is 0 Å². The van der Waals surface area contributed by atoms with Crippen molar-refractivity contribution in [1.82, 2.24) is 20.4 Å². The van der Waals surface area contributed by atoms with Crippen molar-refractivity contribution in [3.8, 4) is 0 Å². The fourth-order valence-electron chi connectivity index (χ4n) is 3.92. The summed E-state index contributed by atoms with van der Waals surface area (Å²) in [7, 11) is 1.62. The van der Waals surface area contributed by atoms with Crippen LogP contribution in [0.15, 0.2) is 65.9 Å². The molecule has 0 aromatic heterocycles. The molecule has 0 radical (unpaired) electrons. The summed E-state index contributed by atoms with van der Waals surface area (Å²) in [6.45, 7) is 2.25. The molecule has 0 saturated carbocycles. The minimum absolute atomic E-state index is 0.180. The Morgan fingerprint density at radius 3 is 2.55 bits per heavy atom. The zero-order valence-electron chi connectivity index (χ0n) is 17.3. The summed E-state index contributed by atoms with van der Waals surface area (Å²) in [4.78, 5) is 41.6. The molecular weight excluding hydrogens is 416 g/mol. The van der Waals surface area contributed by atoms with E-state index in [0.29, 0.717) is 28.4 Å². The van der Waals surface area contributed by atoms with Gasteiger partial charge in [-0.05, 0) is 24.1 Å². The lowest BCUT2D eigenvalue weighted by Gasteiger charge is -2.31. The van der Waals surface area contributed by atoms with Gasteiger partial charge in [-0.3, -0.25) is 14.5 Å². The van der Waals surface area contributed by atoms with Gasteiger partial charge in [-0.2, -0.15) is 0 Å². The first-order chi connectivity index (χ1) is 14.9. The smallest absolute Gasteiger partial charge is 0.322 e. The first-order valence-electron chi connectivity index (χ1n) is 10.0. The lowest BCUT2D eigenvalue weighted by atomic mass is 9.95. The van der Waals surface area contributed by atoms with E-state index in [1.165, 1.54) is 9.80 Å². The summed E-state index contributed by atoms with van der Waals surface area (Å²) < 4.78 is 0. The van der Waals surface area contributed by atoms with E-state index in [1.54, 1.807) is 32.2 Å². The number of hydrogen-bond acceptors (Lipinski definition) is 3. The summed E-state index contributed by atoms with van der Waals surface area (Å²) in [5.74, 6) is -0.539. The molecule has 8 heteroatoms. The average molecular weight is 439 g/mol. The molecule has 4 amide bonds. The summed E-state index contributed by atoms with van der Waals surface area (Å²) >= 11 is 6.35. The Bertz CT molecular complexity index is 1070. The van der Waals surface area contributed by atoms with Gasteiger partial charge in [0.2, 0.25) is 5.91 Å². The lowest BCUT2D eigenvalue weighted by Crippen LogP contribution is -2.46. The number of hydrogen-bond donors (Lipinski definition) is 2. The summed E-state index contributed by atoms with van der Waals surface area (Å²) in [6, 6.07) is 15.0. The van der Waals surface area contributed by atoms with Crippen molar-refractivity contribution in [3.63, 3.8) is 0 Å². The van der Waals surface area contributed by atoms with Crippen molar-refractivity contribution in [3.05, 3.63) is 82.0 Å². The van der Waals surface area contributed by atoms with Crippen molar-refractivity contribution in [1.29, 1.82) is 0 Å². The highest BCUT2D eigenvalue weighted by Gasteiger charge is 2.45. The molecule has 0 unspecified atom stereocenters. The Labute approximate surface area is 185 Å². The van der Waals surface area contributed by atoms with E-state index >= 15 is 0 Å². The number of nitrogens with zero attached hydrogens (tertiary/aromatic N) is 2. The summed E-state index contributed by atoms with van der Waals surface area (Å²) in [5.41, 5.74) is 2.65. The topological polar surface area (TPSA) is 81.8 Å². The largest absolute Gasteiger partial charge is 0.350 e. The van der Waals surface area contributed by atoms with Gasteiger partial charge in [0.15, 0.2) is 0 Å². The molecular formula is C23H23ClN4O3. The number of rotatable bonds is 5. The molecule has 2 aliphatic rings. The van der Waals surface area contributed by atoms with E-state index in [9.17, 15) is 14.4 Å². The maximum atomic E-state index is 13.4. The normalized spacial score (nSPS) is 19.3. The second-order valence-corrected chi connectivity index (χ2v) is 8.04. The number of halogens is 1. The van der Waals surface area contributed by atoms with E-state index in [4.69, 9.17) is 11.6 Å². The van der Waals surface area contributed by atoms with Gasteiger partial charge < -0.3 is 15.5 Å². The zero-order chi connectivity index (χ0) is 22.1. The lowest BCUT2D eigenvalue weighted by molar-refractivity contribution is -0.135. The van der Waals surface area contributed by atoms with Gasteiger partial charge in [0.1, 0.15) is 6.04 Å². The van der Waals surface area contributed by atoms with Crippen LogP contribution in [0, 0.1) is 0 Å². The van der Waals surface area contributed by atoms with E-state index in [0.717, 1.165) is 5.56 Å². The predicted molar refractivity (Wildman–Crippen MR) is 117 cm³/mol. The molecule has 0 aliphatic carbocycles. The Kier molecular flexibility index (Phi) is 5.69. The molecule has 7 nitrogen and oxygen atoms in total. The summed E-state index contributed by atoms with van der Waals surface area (Å²) in [6.07, 6.45) is 0. The minimum atomic E-state index is -0.697. The number of urea groups is 1. The molecule has 0 spiro atoms. The fraction of sp³-hybridized carbons (Fsp3) is 0.261. The molecule has 2 atom stereocenters. The molecule has 4 rings (SSSR count).